The SMILES string of the molecule is CCNC(CCN(CC(F)(F)F)C(C)C)C(C)(C)C. The van der Waals surface area contributed by atoms with Crippen molar-refractivity contribution in [2.24, 2.45) is 5.41 Å². The molecule has 0 saturated heterocycles. The molecule has 1 N–H and O–H groups in total. The van der Waals surface area contributed by atoms with Crippen LogP contribution in [0.5, 0.6) is 0 Å². The van der Waals surface area contributed by atoms with E-state index in [1.807, 2.05) is 20.8 Å². The first kappa shape index (κ1) is 18.7. The number of nitrogens with one attached hydrogen (secondary N) is 1. The Morgan fingerprint density at radius 3 is 1.95 bits per heavy atom. The maximum Gasteiger partial charge on any atom is 0.401 e. The van der Waals surface area contributed by atoms with Crippen LogP contribution in [0.3, 0.4) is 0 Å². The zero-order valence-corrected chi connectivity index (χ0v) is 13.1. The summed E-state index contributed by atoms with van der Waals surface area (Å²) >= 11 is 0. The summed E-state index contributed by atoms with van der Waals surface area (Å²) in [5, 5.41) is 3.37. The second-order valence-electron chi connectivity index (χ2n) is 6.44. The van der Waals surface area contributed by atoms with Crippen molar-refractivity contribution < 1.29 is 13.2 Å². The molecule has 0 aliphatic carbocycles. The minimum absolute atomic E-state index is 0.0525. The fourth-order valence-electron chi connectivity index (χ4n) is 2.13. The molecule has 0 aliphatic rings. The van der Waals surface area contributed by atoms with Crippen LogP contribution in [0.15, 0.2) is 0 Å². The van der Waals surface area contributed by atoms with Gasteiger partial charge in [0.1, 0.15) is 0 Å². The molecule has 0 aromatic rings. The number of halogens is 3. The van der Waals surface area contributed by atoms with Crippen LogP contribution in [-0.2, 0) is 0 Å². The average Bonchev–Trinajstić information content (AvgIpc) is 2.18. The van der Waals surface area contributed by atoms with Gasteiger partial charge in [0.15, 0.2) is 0 Å². The van der Waals surface area contributed by atoms with E-state index in [9.17, 15) is 13.2 Å². The second kappa shape index (κ2) is 7.48. The lowest BCUT2D eigenvalue weighted by molar-refractivity contribution is -0.150. The van der Waals surface area contributed by atoms with Crippen LogP contribution < -0.4 is 5.32 Å². The summed E-state index contributed by atoms with van der Waals surface area (Å²) in [5.41, 5.74) is 0.0525. The first-order valence-corrected chi connectivity index (χ1v) is 7.01. The Labute approximate surface area is 115 Å². The van der Waals surface area contributed by atoms with Crippen LogP contribution in [-0.4, -0.2) is 42.8 Å². The molecule has 2 nitrogen and oxygen atoms in total. The van der Waals surface area contributed by atoms with Gasteiger partial charge in [0.05, 0.1) is 6.54 Å². The van der Waals surface area contributed by atoms with Crippen LogP contribution in [0.4, 0.5) is 13.2 Å². The zero-order valence-electron chi connectivity index (χ0n) is 13.1. The predicted octanol–water partition coefficient (Wildman–Crippen LogP) is 3.67. The van der Waals surface area contributed by atoms with Crippen LogP contribution in [0.25, 0.3) is 0 Å². The molecule has 0 aromatic heterocycles. The van der Waals surface area contributed by atoms with E-state index in [0.29, 0.717) is 6.54 Å². The number of hydrogen-bond donors (Lipinski definition) is 1. The zero-order chi connectivity index (χ0) is 15.3. The van der Waals surface area contributed by atoms with Gasteiger partial charge in [0.2, 0.25) is 0 Å². The van der Waals surface area contributed by atoms with E-state index in [1.54, 1.807) is 0 Å². The molecule has 1 atom stereocenters. The fourth-order valence-corrected chi connectivity index (χ4v) is 2.13. The lowest BCUT2D eigenvalue weighted by Crippen LogP contribution is -2.45. The highest BCUT2D eigenvalue weighted by Crippen LogP contribution is 2.23. The summed E-state index contributed by atoms with van der Waals surface area (Å²) in [6, 6.07) is 0.135. The molecule has 0 rings (SSSR count). The van der Waals surface area contributed by atoms with Crippen molar-refractivity contribution in [3.8, 4) is 0 Å². The van der Waals surface area contributed by atoms with E-state index in [2.05, 4.69) is 26.1 Å². The molecule has 0 radical (unpaired) electrons. The van der Waals surface area contributed by atoms with Crippen molar-refractivity contribution >= 4 is 0 Å². The van der Waals surface area contributed by atoms with Gasteiger partial charge in [-0.2, -0.15) is 13.2 Å². The number of alkyl halides is 3. The summed E-state index contributed by atoms with van der Waals surface area (Å²) in [6.07, 6.45) is -3.40. The van der Waals surface area contributed by atoms with Crippen LogP contribution in [0.1, 0.15) is 48.0 Å². The number of hydrogen-bond acceptors (Lipinski definition) is 2. The highest BCUT2D eigenvalue weighted by atomic mass is 19.4. The Morgan fingerprint density at radius 1 is 1.11 bits per heavy atom. The maximum atomic E-state index is 12.5. The molecule has 5 heteroatoms. The third-order valence-electron chi connectivity index (χ3n) is 3.31. The third kappa shape index (κ3) is 8.47. The predicted molar refractivity (Wildman–Crippen MR) is 74.3 cm³/mol. The largest absolute Gasteiger partial charge is 0.401 e. The molecule has 0 saturated carbocycles. The molecule has 19 heavy (non-hydrogen) atoms. The summed E-state index contributed by atoms with van der Waals surface area (Å²) in [6.45, 7) is 12.5. The van der Waals surface area contributed by atoms with Gasteiger partial charge in [-0.3, -0.25) is 4.90 Å². The molecule has 0 fully saturated rings. The Balaban J connectivity index is 4.51. The minimum Gasteiger partial charge on any atom is -0.314 e. The summed E-state index contributed by atoms with van der Waals surface area (Å²) in [7, 11) is 0. The molecular weight excluding hydrogens is 253 g/mol. The van der Waals surface area contributed by atoms with Gasteiger partial charge in [0.25, 0.3) is 0 Å². The monoisotopic (exact) mass is 282 g/mol. The van der Waals surface area contributed by atoms with Crippen molar-refractivity contribution in [3.63, 3.8) is 0 Å². The molecule has 116 valence electrons. The van der Waals surface area contributed by atoms with E-state index in [-0.39, 0.29) is 17.5 Å². The summed E-state index contributed by atoms with van der Waals surface area (Å²) < 4.78 is 37.5. The highest BCUT2D eigenvalue weighted by Gasteiger charge is 2.32. The second-order valence-corrected chi connectivity index (χ2v) is 6.44. The summed E-state index contributed by atoms with van der Waals surface area (Å²) in [4.78, 5) is 1.50. The quantitative estimate of drug-likeness (QED) is 0.766. The standard InChI is InChI=1S/C14H29F3N2/c1-7-18-12(13(4,5)6)8-9-19(11(2)3)10-14(15,16)17/h11-12,18H,7-10H2,1-6H3. The molecule has 0 aliphatic heterocycles. The minimum atomic E-state index is -4.13. The highest BCUT2D eigenvalue weighted by molar-refractivity contribution is 4.82. The van der Waals surface area contributed by atoms with Gasteiger partial charge in [0, 0.05) is 18.6 Å². The number of nitrogens with zero attached hydrogens (tertiary/aromatic N) is 1. The molecular formula is C14H29F3N2. The molecule has 0 bridgehead atoms. The molecule has 1 unspecified atom stereocenters. The molecule has 0 spiro atoms. The topological polar surface area (TPSA) is 15.3 Å². The average molecular weight is 282 g/mol. The van der Waals surface area contributed by atoms with Crippen LogP contribution in [0, 0.1) is 5.41 Å². The van der Waals surface area contributed by atoms with Crippen molar-refractivity contribution in [2.75, 3.05) is 19.6 Å². The first-order chi connectivity index (χ1) is 8.47. The van der Waals surface area contributed by atoms with Gasteiger partial charge in [-0.25, -0.2) is 0 Å². The molecule has 0 aromatic carbocycles. The van der Waals surface area contributed by atoms with Gasteiger partial charge in [-0.1, -0.05) is 27.7 Å². The Morgan fingerprint density at radius 2 is 1.63 bits per heavy atom. The van der Waals surface area contributed by atoms with E-state index in [0.717, 1.165) is 13.0 Å². The van der Waals surface area contributed by atoms with Crippen molar-refractivity contribution in [1.82, 2.24) is 10.2 Å². The van der Waals surface area contributed by atoms with Crippen molar-refractivity contribution in [3.05, 3.63) is 0 Å². The number of rotatable bonds is 7. The van der Waals surface area contributed by atoms with Crippen LogP contribution in [0.2, 0.25) is 0 Å². The normalized spacial score (nSPS) is 15.3. The van der Waals surface area contributed by atoms with Crippen molar-refractivity contribution in [2.45, 2.75) is 66.2 Å². The van der Waals surface area contributed by atoms with Crippen molar-refractivity contribution in [1.29, 1.82) is 0 Å². The van der Waals surface area contributed by atoms with Gasteiger partial charge >= 0.3 is 6.18 Å². The lowest BCUT2D eigenvalue weighted by Gasteiger charge is -2.35. The Hall–Kier alpha value is -0.290. The van der Waals surface area contributed by atoms with E-state index in [1.165, 1.54) is 4.90 Å². The van der Waals surface area contributed by atoms with Gasteiger partial charge in [-0.15, -0.1) is 0 Å². The smallest absolute Gasteiger partial charge is 0.314 e. The molecule has 0 heterocycles. The molecule has 0 amide bonds. The van der Waals surface area contributed by atoms with Crippen LogP contribution >= 0.6 is 0 Å². The maximum absolute atomic E-state index is 12.5. The van der Waals surface area contributed by atoms with E-state index in [4.69, 9.17) is 0 Å². The first-order valence-electron chi connectivity index (χ1n) is 7.01. The Kier molecular flexibility index (Phi) is 7.37. The van der Waals surface area contributed by atoms with Gasteiger partial charge < -0.3 is 5.32 Å². The Bertz CT molecular complexity index is 244. The fraction of sp³-hybridized carbons (Fsp3) is 1.00. The summed E-state index contributed by atoms with van der Waals surface area (Å²) in [5.74, 6) is 0. The third-order valence-corrected chi connectivity index (χ3v) is 3.31. The lowest BCUT2D eigenvalue weighted by atomic mass is 9.84. The van der Waals surface area contributed by atoms with E-state index >= 15 is 0 Å². The van der Waals surface area contributed by atoms with Gasteiger partial charge in [-0.05, 0) is 32.2 Å². The van der Waals surface area contributed by atoms with E-state index < -0.39 is 12.7 Å².